The van der Waals surface area contributed by atoms with Crippen LogP contribution >= 0.6 is 39.3 Å². The van der Waals surface area contributed by atoms with E-state index in [-0.39, 0.29) is 28.3 Å². The molecular formula is C18H13BrClNO3S. The second kappa shape index (κ2) is 7.23. The molecule has 2 aromatic rings. The molecule has 0 aromatic heterocycles. The molecule has 0 unspecified atom stereocenters. The largest absolute Gasteiger partial charge is 0.506 e. The maximum atomic E-state index is 12.6. The Hall–Kier alpha value is -1.76. The van der Waals surface area contributed by atoms with Gasteiger partial charge in [0.25, 0.3) is 11.1 Å². The van der Waals surface area contributed by atoms with Crippen LogP contribution in [-0.2, 0) is 11.3 Å². The Balaban J connectivity index is 1.90. The smallest absolute Gasteiger partial charge is 0.293 e. The molecule has 1 aliphatic rings. The maximum absolute atomic E-state index is 12.6. The van der Waals surface area contributed by atoms with Gasteiger partial charge in [-0.15, -0.1) is 0 Å². The van der Waals surface area contributed by atoms with Crippen molar-refractivity contribution in [3.05, 3.63) is 67.5 Å². The predicted molar refractivity (Wildman–Crippen MR) is 104 cm³/mol. The van der Waals surface area contributed by atoms with Gasteiger partial charge in [-0.2, -0.15) is 0 Å². The summed E-state index contributed by atoms with van der Waals surface area (Å²) < 4.78 is 0.422. The maximum Gasteiger partial charge on any atom is 0.293 e. The quantitative estimate of drug-likeness (QED) is 0.656. The van der Waals surface area contributed by atoms with Crippen molar-refractivity contribution in [3.63, 3.8) is 0 Å². The normalized spacial score (nSPS) is 16.1. The van der Waals surface area contributed by atoms with Crippen molar-refractivity contribution in [2.45, 2.75) is 13.5 Å². The Labute approximate surface area is 162 Å². The van der Waals surface area contributed by atoms with E-state index in [1.807, 2.05) is 31.2 Å². The fraction of sp³-hybridized carbons (Fsp3) is 0.111. The molecule has 0 radical (unpaired) electrons. The van der Waals surface area contributed by atoms with Crippen molar-refractivity contribution in [2.24, 2.45) is 0 Å². The number of phenolic OH excluding ortho intramolecular Hbond substituents is 1. The van der Waals surface area contributed by atoms with Crippen molar-refractivity contribution in [1.29, 1.82) is 0 Å². The summed E-state index contributed by atoms with van der Waals surface area (Å²) in [5.74, 6) is -0.413. The number of imide groups is 1. The number of carbonyl (C=O) groups is 2. The third-order valence-corrected chi connectivity index (χ3v) is 5.54. The average molecular weight is 439 g/mol. The van der Waals surface area contributed by atoms with Crippen molar-refractivity contribution < 1.29 is 14.7 Å². The number of rotatable bonds is 3. The van der Waals surface area contributed by atoms with Crippen LogP contribution in [-0.4, -0.2) is 21.2 Å². The SMILES string of the molecule is Cc1ccccc1CN1C(=O)S/C(=C\c2cc(Cl)cc(Br)c2O)C1=O. The fourth-order valence-electron chi connectivity index (χ4n) is 2.43. The zero-order chi connectivity index (χ0) is 18.1. The molecule has 1 heterocycles. The number of halogens is 2. The lowest BCUT2D eigenvalue weighted by Gasteiger charge is -2.14. The highest BCUT2D eigenvalue weighted by molar-refractivity contribution is 9.10. The fourth-order valence-corrected chi connectivity index (χ4v) is 4.09. The van der Waals surface area contributed by atoms with Crippen molar-refractivity contribution >= 4 is 56.5 Å². The van der Waals surface area contributed by atoms with Gasteiger partial charge in [-0.05, 0) is 64.0 Å². The Bertz CT molecular complexity index is 913. The summed E-state index contributed by atoms with van der Waals surface area (Å²) in [6.07, 6.45) is 1.48. The van der Waals surface area contributed by atoms with Gasteiger partial charge in [-0.25, -0.2) is 0 Å². The number of carbonyl (C=O) groups excluding carboxylic acids is 2. The van der Waals surface area contributed by atoms with Gasteiger partial charge in [-0.1, -0.05) is 35.9 Å². The van der Waals surface area contributed by atoms with Crippen LogP contribution in [0.15, 0.2) is 45.8 Å². The predicted octanol–water partition coefficient (Wildman–Crippen LogP) is 5.35. The molecule has 0 spiro atoms. The number of hydrogen-bond donors (Lipinski definition) is 1. The summed E-state index contributed by atoms with van der Waals surface area (Å²) in [7, 11) is 0. The first-order chi connectivity index (χ1) is 11.9. The van der Waals surface area contributed by atoms with Crippen LogP contribution in [0, 0.1) is 6.92 Å². The third-order valence-electron chi connectivity index (χ3n) is 3.81. The summed E-state index contributed by atoms with van der Waals surface area (Å²) in [5.41, 5.74) is 2.31. The van der Waals surface area contributed by atoms with Crippen molar-refractivity contribution in [3.8, 4) is 5.75 Å². The van der Waals surface area contributed by atoms with Crippen molar-refractivity contribution in [1.82, 2.24) is 4.90 Å². The first-order valence-electron chi connectivity index (χ1n) is 7.34. The molecule has 1 N–H and O–H groups in total. The summed E-state index contributed by atoms with van der Waals surface area (Å²) in [4.78, 5) is 26.3. The lowest BCUT2D eigenvalue weighted by Crippen LogP contribution is -2.27. The molecule has 2 amide bonds. The van der Waals surface area contributed by atoms with Crippen LogP contribution in [0.3, 0.4) is 0 Å². The zero-order valence-corrected chi connectivity index (χ0v) is 16.3. The van der Waals surface area contributed by atoms with Gasteiger partial charge in [0, 0.05) is 10.6 Å². The molecule has 25 heavy (non-hydrogen) atoms. The van der Waals surface area contributed by atoms with Crippen LogP contribution in [0.4, 0.5) is 4.79 Å². The summed E-state index contributed by atoms with van der Waals surface area (Å²) in [6.45, 7) is 2.16. The van der Waals surface area contributed by atoms with Crippen molar-refractivity contribution in [2.75, 3.05) is 0 Å². The van der Waals surface area contributed by atoms with Gasteiger partial charge in [0.2, 0.25) is 0 Å². The lowest BCUT2D eigenvalue weighted by atomic mass is 10.1. The molecule has 0 aliphatic carbocycles. The number of amides is 2. The molecule has 4 nitrogen and oxygen atoms in total. The Morgan fingerprint density at radius 2 is 2.00 bits per heavy atom. The second-order valence-electron chi connectivity index (χ2n) is 5.52. The van der Waals surface area contributed by atoms with Crippen LogP contribution in [0.2, 0.25) is 5.02 Å². The van der Waals surface area contributed by atoms with E-state index in [4.69, 9.17) is 11.6 Å². The van der Waals surface area contributed by atoms with Gasteiger partial charge in [0.05, 0.1) is 15.9 Å². The van der Waals surface area contributed by atoms with E-state index in [0.29, 0.717) is 15.1 Å². The third kappa shape index (κ3) is 3.76. The van der Waals surface area contributed by atoms with Crippen LogP contribution < -0.4 is 0 Å². The van der Waals surface area contributed by atoms with E-state index in [0.717, 1.165) is 22.9 Å². The Morgan fingerprint density at radius 3 is 2.72 bits per heavy atom. The van der Waals surface area contributed by atoms with E-state index in [9.17, 15) is 14.7 Å². The van der Waals surface area contributed by atoms with E-state index in [1.165, 1.54) is 17.0 Å². The highest BCUT2D eigenvalue weighted by Crippen LogP contribution is 2.38. The van der Waals surface area contributed by atoms with Crippen LogP contribution in [0.5, 0.6) is 5.75 Å². The number of thioether (sulfide) groups is 1. The number of aromatic hydroxyl groups is 1. The first-order valence-corrected chi connectivity index (χ1v) is 9.33. The summed E-state index contributed by atoms with van der Waals surface area (Å²) >= 11 is 10.0. The highest BCUT2D eigenvalue weighted by Gasteiger charge is 2.35. The second-order valence-corrected chi connectivity index (χ2v) is 7.80. The molecule has 1 fully saturated rings. The number of hydrogen-bond acceptors (Lipinski definition) is 4. The molecule has 1 aliphatic heterocycles. The molecule has 1 saturated heterocycles. The van der Waals surface area contributed by atoms with Crippen LogP contribution in [0.1, 0.15) is 16.7 Å². The minimum atomic E-state index is -0.381. The van der Waals surface area contributed by atoms with Gasteiger partial charge < -0.3 is 5.11 Å². The standard InChI is InChI=1S/C18H13BrClNO3S/c1-10-4-2-3-5-11(10)9-21-17(23)15(25-18(21)24)7-12-6-13(20)8-14(19)16(12)22/h2-8,22H,9H2,1H3/b15-7-. The summed E-state index contributed by atoms with van der Waals surface area (Å²) in [5, 5.41) is 10.2. The molecule has 7 heteroatoms. The molecule has 0 bridgehead atoms. The Kier molecular flexibility index (Phi) is 5.22. The van der Waals surface area contributed by atoms with E-state index in [1.54, 1.807) is 6.07 Å². The lowest BCUT2D eigenvalue weighted by molar-refractivity contribution is -0.123. The molecule has 128 valence electrons. The average Bonchev–Trinajstić information content (AvgIpc) is 2.81. The number of nitrogens with zero attached hydrogens (tertiary/aromatic N) is 1. The molecular weight excluding hydrogens is 426 g/mol. The monoisotopic (exact) mass is 437 g/mol. The zero-order valence-electron chi connectivity index (χ0n) is 13.1. The Morgan fingerprint density at radius 1 is 1.28 bits per heavy atom. The van der Waals surface area contributed by atoms with Gasteiger partial charge in [0.15, 0.2) is 0 Å². The molecule has 3 rings (SSSR count). The van der Waals surface area contributed by atoms with Crippen LogP contribution in [0.25, 0.3) is 6.08 Å². The minimum absolute atomic E-state index is 0.0323. The minimum Gasteiger partial charge on any atom is -0.506 e. The van der Waals surface area contributed by atoms with E-state index < -0.39 is 0 Å². The van der Waals surface area contributed by atoms with E-state index >= 15 is 0 Å². The highest BCUT2D eigenvalue weighted by atomic mass is 79.9. The van der Waals surface area contributed by atoms with Gasteiger partial charge in [-0.3, -0.25) is 14.5 Å². The summed E-state index contributed by atoms with van der Waals surface area (Å²) in [6, 6.07) is 10.7. The number of phenols is 1. The number of aryl methyl sites for hydroxylation is 1. The molecule has 0 atom stereocenters. The molecule has 2 aromatic carbocycles. The topological polar surface area (TPSA) is 57.6 Å². The first kappa shape index (κ1) is 18.0. The van der Waals surface area contributed by atoms with E-state index in [2.05, 4.69) is 15.9 Å². The van der Waals surface area contributed by atoms with Gasteiger partial charge >= 0.3 is 0 Å². The number of benzene rings is 2. The van der Waals surface area contributed by atoms with Gasteiger partial charge in [0.1, 0.15) is 5.75 Å². The molecule has 0 saturated carbocycles.